The molecular formula is C10H21N3O. The molecule has 0 radical (unpaired) electrons. The van der Waals surface area contributed by atoms with Gasteiger partial charge in [0.1, 0.15) is 0 Å². The maximum absolute atomic E-state index is 11.2. The van der Waals surface area contributed by atoms with Gasteiger partial charge in [0.25, 0.3) is 0 Å². The van der Waals surface area contributed by atoms with Crippen LogP contribution in [0, 0.1) is 5.92 Å². The quantitative estimate of drug-likeness (QED) is 0.654. The fourth-order valence-electron chi connectivity index (χ4n) is 2.09. The molecule has 1 aliphatic rings. The third-order valence-corrected chi connectivity index (χ3v) is 3.01. The standard InChI is InChI=1S/C10H21N3O/c1-8-6-13(7-10(14)12-3)5-4-9(8)11-2/h8-9,11H,4-7H2,1-3H3,(H,12,14). The molecule has 0 spiro atoms. The van der Waals surface area contributed by atoms with E-state index in [-0.39, 0.29) is 5.91 Å². The van der Waals surface area contributed by atoms with E-state index in [9.17, 15) is 4.79 Å². The summed E-state index contributed by atoms with van der Waals surface area (Å²) in [5, 5.41) is 5.97. The van der Waals surface area contributed by atoms with Crippen LogP contribution in [0.1, 0.15) is 13.3 Å². The molecular weight excluding hydrogens is 178 g/mol. The molecule has 14 heavy (non-hydrogen) atoms. The Morgan fingerprint density at radius 2 is 2.21 bits per heavy atom. The van der Waals surface area contributed by atoms with Crippen molar-refractivity contribution < 1.29 is 4.79 Å². The lowest BCUT2D eigenvalue weighted by atomic mass is 9.94. The molecule has 2 N–H and O–H groups in total. The molecule has 0 bridgehead atoms. The molecule has 2 atom stereocenters. The zero-order valence-corrected chi connectivity index (χ0v) is 9.34. The summed E-state index contributed by atoms with van der Waals surface area (Å²) < 4.78 is 0. The minimum atomic E-state index is 0.111. The Morgan fingerprint density at radius 3 is 2.71 bits per heavy atom. The zero-order valence-electron chi connectivity index (χ0n) is 9.34. The van der Waals surface area contributed by atoms with Crippen molar-refractivity contribution in [3.63, 3.8) is 0 Å². The van der Waals surface area contributed by atoms with Gasteiger partial charge in [0.2, 0.25) is 5.91 Å². The molecule has 1 heterocycles. The summed E-state index contributed by atoms with van der Waals surface area (Å²) in [5.74, 6) is 0.735. The highest BCUT2D eigenvalue weighted by molar-refractivity contribution is 5.77. The van der Waals surface area contributed by atoms with Crippen molar-refractivity contribution in [1.82, 2.24) is 15.5 Å². The van der Waals surface area contributed by atoms with Crippen LogP contribution in [0.5, 0.6) is 0 Å². The monoisotopic (exact) mass is 199 g/mol. The van der Waals surface area contributed by atoms with Gasteiger partial charge in [-0.05, 0) is 19.4 Å². The lowest BCUT2D eigenvalue weighted by Gasteiger charge is -2.36. The van der Waals surface area contributed by atoms with Crippen LogP contribution in [0.25, 0.3) is 0 Å². The first-order valence-corrected chi connectivity index (χ1v) is 5.27. The number of nitrogens with zero attached hydrogens (tertiary/aromatic N) is 1. The van der Waals surface area contributed by atoms with Gasteiger partial charge < -0.3 is 10.6 Å². The number of amides is 1. The molecule has 1 saturated heterocycles. The van der Waals surface area contributed by atoms with Crippen molar-refractivity contribution >= 4 is 5.91 Å². The van der Waals surface area contributed by atoms with Gasteiger partial charge >= 0.3 is 0 Å². The van der Waals surface area contributed by atoms with Gasteiger partial charge in [0.15, 0.2) is 0 Å². The first-order chi connectivity index (χ1) is 6.67. The van der Waals surface area contributed by atoms with E-state index in [2.05, 4.69) is 22.5 Å². The van der Waals surface area contributed by atoms with Gasteiger partial charge in [-0.15, -0.1) is 0 Å². The van der Waals surface area contributed by atoms with E-state index >= 15 is 0 Å². The summed E-state index contributed by atoms with van der Waals surface area (Å²) in [4.78, 5) is 13.4. The molecule has 1 rings (SSSR count). The summed E-state index contributed by atoms with van der Waals surface area (Å²) in [6.07, 6.45) is 1.13. The molecule has 4 heteroatoms. The third-order valence-electron chi connectivity index (χ3n) is 3.01. The van der Waals surface area contributed by atoms with E-state index in [0.29, 0.717) is 18.5 Å². The number of likely N-dealkylation sites (tertiary alicyclic amines) is 1. The van der Waals surface area contributed by atoms with Crippen molar-refractivity contribution in [1.29, 1.82) is 0 Å². The molecule has 0 saturated carbocycles. The smallest absolute Gasteiger partial charge is 0.233 e. The van der Waals surface area contributed by atoms with Crippen molar-refractivity contribution in [2.24, 2.45) is 5.92 Å². The second kappa shape index (κ2) is 5.32. The number of hydrogen-bond donors (Lipinski definition) is 2. The Labute approximate surface area is 86.0 Å². The second-order valence-electron chi connectivity index (χ2n) is 4.07. The van der Waals surface area contributed by atoms with Crippen LogP contribution in [-0.2, 0) is 4.79 Å². The summed E-state index contributed by atoms with van der Waals surface area (Å²) in [6, 6.07) is 0.607. The first kappa shape index (κ1) is 11.5. The van der Waals surface area contributed by atoms with Crippen LogP contribution in [0.2, 0.25) is 0 Å². The lowest BCUT2D eigenvalue weighted by molar-refractivity contribution is -0.122. The highest BCUT2D eigenvalue weighted by Gasteiger charge is 2.25. The van der Waals surface area contributed by atoms with Crippen LogP contribution >= 0.6 is 0 Å². The molecule has 4 nitrogen and oxygen atoms in total. The van der Waals surface area contributed by atoms with Gasteiger partial charge in [0.05, 0.1) is 6.54 Å². The first-order valence-electron chi connectivity index (χ1n) is 5.27. The fourth-order valence-corrected chi connectivity index (χ4v) is 2.09. The molecule has 0 aromatic heterocycles. The van der Waals surface area contributed by atoms with Gasteiger partial charge in [-0.3, -0.25) is 9.69 Å². The summed E-state index contributed by atoms with van der Waals surface area (Å²) in [5.41, 5.74) is 0. The number of rotatable bonds is 3. The minimum Gasteiger partial charge on any atom is -0.358 e. The number of piperidine rings is 1. The predicted octanol–water partition coefficient (Wildman–Crippen LogP) is -0.338. The number of nitrogens with one attached hydrogen (secondary N) is 2. The van der Waals surface area contributed by atoms with Crippen LogP contribution in [0.15, 0.2) is 0 Å². The highest BCUT2D eigenvalue weighted by atomic mass is 16.1. The second-order valence-corrected chi connectivity index (χ2v) is 4.07. The van der Waals surface area contributed by atoms with E-state index in [4.69, 9.17) is 0 Å². The molecule has 82 valence electrons. The minimum absolute atomic E-state index is 0.111. The maximum Gasteiger partial charge on any atom is 0.233 e. The van der Waals surface area contributed by atoms with Gasteiger partial charge in [-0.1, -0.05) is 6.92 Å². The number of hydrogen-bond acceptors (Lipinski definition) is 3. The van der Waals surface area contributed by atoms with Crippen molar-refractivity contribution in [3.8, 4) is 0 Å². The maximum atomic E-state index is 11.2. The number of likely N-dealkylation sites (N-methyl/N-ethyl adjacent to an activating group) is 1. The van der Waals surface area contributed by atoms with Gasteiger partial charge in [-0.25, -0.2) is 0 Å². The van der Waals surface area contributed by atoms with Crippen molar-refractivity contribution in [2.45, 2.75) is 19.4 Å². The van der Waals surface area contributed by atoms with Crippen LogP contribution < -0.4 is 10.6 Å². The van der Waals surface area contributed by atoms with E-state index in [1.807, 2.05) is 7.05 Å². The molecule has 1 aliphatic heterocycles. The topological polar surface area (TPSA) is 44.4 Å². The fraction of sp³-hybridized carbons (Fsp3) is 0.900. The molecule has 1 amide bonds. The number of carbonyl (C=O) groups is 1. The van der Waals surface area contributed by atoms with E-state index < -0.39 is 0 Å². The van der Waals surface area contributed by atoms with Gasteiger partial charge in [-0.2, -0.15) is 0 Å². The molecule has 0 aromatic carbocycles. The Morgan fingerprint density at radius 1 is 1.50 bits per heavy atom. The Hall–Kier alpha value is -0.610. The molecule has 0 aliphatic carbocycles. The molecule has 2 unspecified atom stereocenters. The highest BCUT2D eigenvalue weighted by Crippen LogP contribution is 2.15. The molecule has 1 fully saturated rings. The lowest BCUT2D eigenvalue weighted by Crippen LogP contribution is -2.49. The summed E-state index contributed by atoms with van der Waals surface area (Å²) in [7, 11) is 3.70. The Bertz CT molecular complexity index is 196. The summed E-state index contributed by atoms with van der Waals surface area (Å²) in [6.45, 7) is 4.80. The zero-order chi connectivity index (χ0) is 10.6. The van der Waals surface area contributed by atoms with Gasteiger partial charge in [0, 0.05) is 26.2 Å². The van der Waals surface area contributed by atoms with Crippen molar-refractivity contribution in [3.05, 3.63) is 0 Å². The van der Waals surface area contributed by atoms with Crippen molar-refractivity contribution in [2.75, 3.05) is 33.7 Å². The van der Waals surface area contributed by atoms with Crippen LogP contribution in [0.4, 0.5) is 0 Å². The van der Waals surface area contributed by atoms with E-state index in [1.165, 1.54) is 0 Å². The average molecular weight is 199 g/mol. The third kappa shape index (κ3) is 2.96. The van der Waals surface area contributed by atoms with E-state index in [0.717, 1.165) is 19.5 Å². The Kier molecular flexibility index (Phi) is 4.35. The summed E-state index contributed by atoms with van der Waals surface area (Å²) >= 11 is 0. The largest absolute Gasteiger partial charge is 0.358 e. The predicted molar refractivity (Wildman–Crippen MR) is 57.1 cm³/mol. The normalized spacial score (nSPS) is 28.8. The SMILES string of the molecule is CNC(=O)CN1CCC(NC)C(C)C1. The van der Waals surface area contributed by atoms with Crippen LogP contribution in [-0.4, -0.2) is 50.6 Å². The number of carbonyl (C=O) groups excluding carboxylic acids is 1. The van der Waals surface area contributed by atoms with E-state index in [1.54, 1.807) is 7.05 Å². The molecule has 0 aromatic rings. The van der Waals surface area contributed by atoms with Crippen LogP contribution in [0.3, 0.4) is 0 Å². The average Bonchev–Trinajstić information content (AvgIpc) is 2.18. The Balaban J connectivity index is 2.35.